The van der Waals surface area contributed by atoms with Crippen LogP contribution >= 0.6 is 27.5 Å². The fraction of sp³-hybridized carbons (Fsp3) is 0.0667. The minimum atomic E-state index is -0.529. The van der Waals surface area contributed by atoms with Gasteiger partial charge in [0.1, 0.15) is 17.9 Å². The van der Waals surface area contributed by atoms with E-state index in [2.05, 4.69) is 20.9 Å². The molecule has 0 amide bonds. The molecule has 3 aromatic rings. The Labute approximate surface area is 138 Å². The second kappa shape index (κ2) is 6.06. The molecule has 7 heteroatoms. The topological polar surface area (TPSA) is 49.1 Å². The van der Waals surface area contributed by atoms with E-state index in [9.17, 15) is 9.60 Å². The predicted octanol–water partition coefficient (Wildman–Crippen LogP) is 4.00. The summed E-state index contributed by atoms with van der Waals surface area (Å²) < 4.78 is 20.1. The minimum Gasteiger partial charge on any atom is -0.617 e. The molecule has 0 saturated carbocycles. The summed E-state index contributed by atoms with van der Waals surface area (Å²) in [5.41, 5.74) is 1.27. The number of fused-ring (bicyclic) bond motifs is 1. The summed E-state index contributed by atoms with van der Waals surface area (Å²) >= 11 is 9.30. The maximum Gasteiger partial charge on any atom is 0.350 e. The molecule has 3 rings (SSSR count). The van der Waals surface area contributed by atoms with Gasteiger partial charge in [0, 0.05) is 10.5 Å². The first-order valence-electron chi connectivity index (χ1n) is 6.30. The molecule has 0 unspecified atom stereocenters. The number of hydrogen-bond acceptors (Lipinski definition) is 3. The molecule has 22 heavy (non-hydrogen) atoms. The molecule has 0 fully saturated rings. The van der Waals surface area contributed by atoms with Crippen LogP contribution in [0.5, 0.6) is 5.88 Å². The average Bonchev–Trinajstić information content (AvgIpc) is 2.52. The van der Waals surface area contributed by atoms with Gasteiger partial charge >= 0.3 is 11.0 Å². The van der Waals surface area contributed by atoms with E-state index in [0.29, 0.717) is 10.2 Å². The summed E-state index contributed by atoms with van der Waals surface area (Å²) in [5.74, 6) is -0.516. The SMILES string of the molecule is [O-][n+]1c(Cl)c(OCc2ccc(Br)cc2)nc2ccc(F)cc21. The molecule has 0 aliphatic heterocycles. The third kappa shape index (κ3) is 2.98. The highest BCUT2D eigenvalue weighted by atomic mass is 79.9. The lowest BCUT2D eigenvalue weighted by Gasteiger charge is -2.09. The number of halogens is 3. The molecule has 0 spiro atoms. The highest BCUT2D eigenvalue weighted by molar-refractivity contribution is 9.10. The molecule has 1 heterocycles. The zero-order chi connectivity index (χ0) is 15.7. The van der Waals surface area contributed by atoms with E-state index in [0.717, 1.165) is 16.1 Å². The van der Waals surface area contributed by atoms with Crippen molar-refractivity contribution in [2.45, 2.75) is 6.61 Å². The predicted molar refractivity (Wildman–Crippen MR) is 84.1 cm³/mol. The van der Waals surface area contributed by atoms with Gasteiger partial charge in [-0.25, -0.2) is 9.37 Å². The summed E-state index contributed by atoms with van der Waals surface area (Å²) in [6.45, 7) is 0.215. The van der Waals surface area contributed by atoms with Gasteiger partial charge in [0.15, 0.2) is 0 Å². The third-order valence-corrected chi connectivity index (χ3v) is 3.87. The molecular formula is C15H9BrClFN2O2. The van der Waals surface area contributed by atoms with Gasteiger partial charge in [0.2, 0.25) is 5.52 Å². The Hall–Kier alpha value is -1.92. The van der Waals surface area contributed by atoms with Crippen LogP contribution in [-0.4, -0.2) is 4.98 Å². The van der Waals surface area contributed by atoms with Gasteiger partial charge in [-0.15, -0.1) is 4.73 Å². The second-order valence-corrected chi connectivity index (χ2v) is 5.82. The van der Waals surface area contributed by atoms with Crippen molar-refractivity contribution < 1.29 is 13.9 Å². The fourth-order valence-electron chi connectivity index (χ4n) is 1.93. The van der Waals surface area contributed by atoms with Gasteiger partial charge in [-0.3, -0.25) is 0 Å². The van der Waals surface area contributed by atoms with Crippen molar-refractivity contribution in [3.05, 3.63) is 68.7 Å². The van der Waals surface area contributed by atoms with Crippen LogP contribution < -0.4 is 9.47 Å². The lowest BCUT2D eigenvalue weighted by Crippen LogP contribution is -2.30. The van der Waals surface area contributed by atoms with E-state index in [1.807, 2.05) is 24.3 Å². The van der Waals surface area contributed by atoms with Crippen LogP contribution in [0, 0.1) is 11.0 Å². The van der Waals surface area contributed by atoms with E-state index in [-0.39, 0.29) is 23.2 Å². The first-order chi connectivity index (χ1) is 10.5. The standard InChI is InChI=1S/C15H9BrClFN2O2/c16-10-3-1-9(2-4-10)8-22-15-14(17)20(21)13-7-11(18)5-6-12(13)19-15/h1-7H,8H2. The van der Waals surface area contributed by atoms with Crippen LogP contribution in [-0.2, 0) is 6.61 Å². The van der Waals surface area contributed by atoms with E-state index in [1.54, 1.807) is 0 Å². The first kappa shape index (κ1) is 15.0. The van der Waals surface area contributed by atoms with Crippen molar-refractivity contribution in [3.63, 3.8) is 0 Å². The summed E-state index contributed by atoms with van der Waals surface area (Å²) in [6.07, 6.45) is 0. The van der Waals surface area contributed by atoms with Crippen molar-refractivity contribution in [3.8, 4) is 5.88 Å². The Morgan fingerprint density at radius 3 is 2.68 bits per heavy atom. The van der Waals surface area contributed by atoms with Crippen molar-refractivity contribution >= 4 is 38.6 Å². The molecule has 0 aliphatic carbocycles. The number of nitrogens with zero attached hydrogens (tertiary/aromatic N) is 2. The highest BCUT2D eigenvalue weighted by Gasteiger charge is 2.19. The summed E-state index contributed by atoms with van der Waals surface area (Å²) in [6, 6.07) is 11.2. The van der Waals surface area contributed by atoms with Crippen molar-refractivity contribution in [1.29, 1.82) is 0 Å². The van der Waals surface area contributed by atoms with Gasteiger partial charge < -0.3 is 9.94 Å². The van der Waals surface area contributed by atoms with Crippen LogP contribution in [0.4, 0.5) is 4.39 Å². The second-order valence-electron chi connectivity index (χ2n) is 4.55. The number of ether oxygens (including phenoxy) is 1. The molecule has 0 N–H and O–H groups in total. The number of benzene rings is 2. The maximum atomic E-state index is 13.2. The molecular weight excluding hydrogens is 375 g/mol. The maximum absolute atomic E-state index is 13.2. The van der Waals surface area contributed by atoms with Crippen LogP contribution in [0.2, 0.25) is 5.15 Å². The molecule has 112 valence electrons. The van der Waals surface area contributed by atoms with Gasteiger partial charge in [0.25, 0.3) is 0 Å². The lowest BCUT2D eigenvalue weighted by molar-refractivity contribution is -0.575. The first-order valence-corrected chi connectivity index (χ1v) is 7.47. The molecule has 0 atom stereocenters. The van der Waals surface area contributed by atoms with E-state index in [1.165, 1.54) is 12.1 Å². The van der Waals surface area contributed by atoms with Crippen molar-refractivity contribution in [1.82, 2.24) is 4.98 Å². The summed E-state index contributed by atoms with van der Waals surface area (Å²) in [7, 11) is 0. The van der Waals surface area contributed by atoms with Crippen LogP contribution in [0.1, 0.15) is 5.56 Å². The molecule has 0 aliphatic rings. The van der Waals surface area contributed by atoms with E-state index >= 15 is 0 Å². The van der Waals surface area contributed by atoms with Gasteiger partial charge in [-0.1, -0.05) is 28.1 Å². The number of aromatic nitrogens is 2. The van der Waals surface area contributed by atoms with Crippen LogP contribution in [0.25, 0.3) is 11.0 Å². The molecule has 1 aromatic heterocycles. The fourth-order valence-corrected chi connectivity index (χ4v) is 2.38. The smallest absolute Gasteiger partial charge is 0.350 e. The van der Waals surface area contributed by atoms with Gasteiger partial charge in [-0.05, 0) is 41.4 Å². The monoisotopic (exact) mass is 382 g/mol. The number of rotatable bonds is 3. The lowest BCUT2D eigenvalue weighted by atomic mass is 10.2. The minimum absolute atomic E-state index is 0.0127. The number of hydrogen-bond donors (Lipinski definition) is 0. The Bertz CT molecular complexity index is 843. The highest BCUT2D eigenvalue weighted by Crippen LogP contribution is 2.23. The Morgan fingerprint density at radius 2 is 1.95 bits per heavy atom. The molecule has 2 aromatic carbocycles. The molecule has 4 nitrogen and oxygen atoms in total. The van der Waals surface area contributed by atoms with Crippen LogP contribution in [0.15, 0.2) is 46.9 Å². The summed E-state index contributed by atoms with van der Waals surface area (Å²) in [4.78, 5) is 4.16. The van der Waals surface area contributed by atoms with E-state index in [4.69, 9.17) is 16.3 Å². The van der Waals surface area contributed by atoms with E-state index < -0.39 is 5.82 Å². The molecule has 0 radical (unpaired) electrons. The van der Waals surface area contributed by atoms with Crippen molar-refractivity contribution in [2.24, 2.45) is 0 Å². The Balaban J connectivity index is 1.92. The normalized spacial score (nSPS) is 10.9. The quantitative estimate of drug-likeness (QED) is 0.507. The third-order valence-electron chi connectivity index (χ3n) is 3.02. The zero-order valence-corrected chi connectivity index (χ0v) is 13.4. The average molecular weight is 384 g/mol. The Morgan fingerprint density at radius 1 is 1.23 bits per heavy atom. The largest absolute Gasteiger partial charge is 0.617 e. The Kier molecular flexibility index (Phi) is 4.13. The van der Waals surface area contributed by atoms with Crippen LogP contribution in [0.3, 0.4) is 0 Å². The molecule has 0 bridgehead atoms. The molecule has 0 saturated heterocycles. The van der Waals surface area contributed by atoms with Gasteiger partial charge in [-0.2, -0.15) is 0 Å². The summed E-state index contributed by atoms with van der Waals surface area (Å²) in [5, 5.41) is 11.8. The van der Waals surface area contributed by atoms with Gasteiger partial charge in [0.05, 0.1) is 0 Å². The van der Waals surface area contributed by atoms with Crippen molar-refractivity contribution in [2.75, 3.05) is 0 Å². The zero-order valence-electron chi connectivity index (χ0n) is 11.1.